The van der Waals surface area contributed by atoms with Gasteiger partial charge in [0.25, 0.3) is 0 Å². The highest BCUT2D eigenvalue weighted by Crippen LogP contribution is 2.38. The predicted octanol–water partition coefficient (Wildman–Crippen LogP) is 1.34. The van der Waals surface area contributed by atoms with Crippen LogP contribution in [0.5, 0.6) is 5.75 Å². The topological polar surface area (TPSA) is 33.6 Å². The average Bonchev–Trinajstić information content (AvgIpc) is 2.73. The molecule has 0 bridgehead atoms. The Morgan fingerprint density at radius 2 is 2.40 bits per heavy atom. The molecule has 0 spiro atoms. The van der Waals surface area contributed by atoms with Crippen LogP contribution in [0.25, 0.3) is 0 Å². The highest BCUT2D eigenvalue weighted by molar-refractivity contribution is 5.92. The van der Waals surface area contributed by atoms with Gasteiger partial charge in [0.2, 0.25) is 0 Å². The molecule has 0 amide bonds. The summed E-state index contributed by atoms with van der Waals surface area (Å²) in [5.41, 5.74) is 2.81. The highest BCUT2D eigenvalue weighted by Gasteiger charge is 2.31. The van der Waals surface area contributed by atoms with Crippen LogP contribution in [0.4, 0.5) is 0 Å². The van der Waals surface area contributed by atoms with Crippen LogP contribution >= 0.6 is 0 Å². The molecule has 1 aliphatic heterocycles. The Balaban J connectivity index is 1.91. The van der Waals surface area contributed by atoms with Crippen molar-refractivity contribution in [3.63, 3.8) is 0 Å². The smallest absolute Gasteiger partial charge is 0.119 e. The van der Waals surface area contributed by atoms with E-state index in [0.29, 0.717) is 5.92 Å². The van der Waals surface area contributed by atoms with Crippen molar-refractivity contribution in [3.8, 4) is 5.75 Å². The molecule has 0 radical (unpaired) electrons. The lowest BCUT2D eigenvalue weighted by Crippen LogP contribution is -2.32. The first kappa shape index (κ1) is 8.77. The number of fused-ring (bicyclic) bond motifs is 1. The first-order chi connectivity index (χ1) is 7.38. The molecule has 3 heteroatoms. The fourth-order valence-corrected chi connectivity index (χ4v) is 2.30. The van der Waals surface area contributed by atoms with Gasteiger partial charge in [-0.15, -0.1) is 0 Å². The summed E-state index contributed by atoms with van der Waals surface area (Å²) in [5, 5.41) is 3.35. The van der Waals surface area contributed by atoms with Crippen LogP contribution in [0.15, 0.2) is 23.2 Å². The van der Waals surface area contributed by atoms with Gasteiger partial charge in [0.1, 0.15) is 11.6 Å². The number of amidine groups is 1. The molecule has 1 aliphatic carbocycles. The van der Waals surface area contributed by atoms with Crippen LogP contribution in [-0.2, 0) is 6.42 Å². The van der Waals surface area contributed by atoms with Crippen LogP contribution in [-0.4, -0.2) is 26.0 Å². The molecule has 0 fully saturated rings. The van der Waals surface area contributed by atoms with Crippen LogP contribution in [0.2, 0.25) is 0 Å². The number of aliphatic imine (C=N–C) groups is 1. The maximum absolute atomic E-state index is 5.23. The summed E-state index contributed by atoms with van der Waals surface area (Å²) in [4.78, 5) is 4.48. The summed E-state index contributed by atoms with van der Waals surface area (Å²) in [6, 6.07) is 6.31. The minimum absolute atomic E-state index is 0.484. The molecule has 1 heterocycles. The fraction of sp³-hybridized carbons (Fsp3) is 0.417. The summed E-state index contributed by atoms with van der Waals surface area (Å²) in [7, 11) is 1.71. The highest BCUT2D eigenvalue weighted by atomic mass is 16.5. The molecule has 2 aliphatic rings. The van der Waals surface area contributed by atoms with E-state index in [9.17, 15) is 0 Å². The molecular weight excluding hydrogens is 188 g/mol. The van der Waals surface area contributed by atoms with Crippen LogP contribution in [0.1, 0.15) is 17.0 Å². The lowest BCUT2D eigenvalue weighted by Gasteiger charge is -2.30. The molecule has 1 N–H and O–H groups in total. The molecule has 1 unspecified atom stereocenters. The van der Waals surface area contributed by atoms with E-state index < -0.39 is 0 Å². The van der Waals surface area contributed by atoms with Gasteiger partial charge in [-0.05, 0) is 29.7 Å². The van der Waals surface area contributed by atoms with Crippen LogP contribution < -0.4 is 10.1 Å². The normalized spacial score (nSPS) is 22.5. The Morgan fingerprint density at radius 1 is 1.47 bits per heavy atom. The molecule has 0 saturated carbocycles. The van der Waals surface area contributed by atoms with Gasteiger partial charge in [0.15, 0.2) is 0 Å². The van der Waals surface area contributed by atoms with Crippen molar-refractivity contribution in [2.45, 2.75) is 12.3 Å². The summed E-state index contributed by atoms with van der Waals surface area (Å²) >= 11 is 0. The van der Waals surface area contributed by atoms with Crippen molar-refractivity contribution >= 4 is 5.84 Å². The van der Waals surface area contributed by atoms with E-state index in [-0.39, 0.29) is 0 Å². The number of nitrogens with zero attached hydrogens (tertiary/aromatic N) is 1. The fourth-order valence-electron chi connectivity index (χ4n) is 2.30. The first-order valence-corrected chi connectivity index (χ1v) is 5.33. The van der Waals surface area contributed by atoms with Gasteiger partial charge in [-0.1, -0.05) is 6.07 Å². The van der Waals surface area contributed by atoms with Gasteiger partial charge in [-0.25, -0.2) is 0 Å². The Kier molecular flexibility index (Phi) is 1.91. The summed E-state index contributed by atoms with van der Waals surface area (Å²) < 4.78 is 5.23. The molecule has 0 aromatic heterocycles. The third-order valence-electron chi connectivity index (χ3n) is 3.18. The second-order valence-corrected chi connectivity index (χ2v) is 4.02. The van der Waals surface area contributed by atoms with E-state index in [1.165, 1.54) is 11.1 Å². The number of ether oxygens (including phenoxy) is 1. The van der Waals surface area contributed by atoms with Gasteiger partial charge in [0.05, 0.1) is 13.7 Å². The average molecular weight is 202 g/mol. The van der Waals surface area contributed by atoms with Gasteiger partial charge < -0.3 is 10.1 Å². The van der Waals surface area contributed by atoms with E-state index >= 15 is 0 Å². The maximum atomic E-state index is 5.23. The first-order valence-electron chi connectivity index (χ1n) is 5.33. The number of nitrogens with one attached hydrogen (secondary N) is 1. The standard InChI is InChI=1S/C12H14N2O/c1-15-9-3-2-8-6-11(10(8)7-9)12-13-4-5-14-12/h2-3,7,11H,4-6H2,1H3,(H,13,14). The lowest BCUT2D eigenvalue weighted by atomic mass is 9.76. The third kappa shape index (κ3) is 1.30. The molecule has 1 atom stereocenters. The number of benzene rings is 1. The number of hydrogen-bond donors (Lipinski definition) is 1. The third-order valence-corrected chi connectivity index (χ3v) is 3.18. The largest absolute Gasteiger partial charge is 0.497 e. The van der Waals surface area contributed by atoms with E-state index in [2.05, 4.69) is 22.4 Å². The molecule has 78 valence electrons. The Morgan fingerprint density at radius 3 is 3.13 bits per heavy atom. The zero-order chi connectivity index (χ0) is 10.3. The van der Waals surface area contributed by atoms with Crippen molar-refractivity contribution in [2.75, 3.05) is 20.2 Å². The molecular formula is C12H14N2O. The number of methoxy groups -OCH3 is 1. The SMILES string of the molecule is COc1ccc2c(c1)C(C1=NCCN1)C2. The molecule has 3 rings (SSSR count). The zero-order valence-electron chi connectivity index (χ0n) is 8.79. The van der Waals surface area contributed by atoms with Crippen molar-refractivity contribution < 1.29 is 4.74 Å². The Labute approximate surface area is 89.2 Å². The van der Waals surface area contributed by atoms with E-state index in [4.69, 9.17) is 4.74 Å². The minimum atomic E-state index is 0.484. The number of rotatable bonds is 2. The second kappa shape index (κ2) is 3.26. The quantitative estimate of drug-likeness (QED) is 0.785. The van der Waals surface area contributed by atoms with Gasteiger partial charge >= 0.3 is 0 Å². The van der Waals surface area contributed by atoms with Crippen LogP contribution in [0, 0.1) is 0 Å². The summed E-state index contributed by atoms with van der Waals surface area (Å²) in [5.74, 6) is 2.59. The van der Waals surface area contributed by atoms with E-state index in [1.807, 2.05) is 6.07 Å². The Bertz CT molecular complexity index is 426. The van der Waals surface area contributed by atoms with Gasteiger partial charge in [0, 0.05) is 12.5 Å². The van der Waals surface area contributed by atoms with Crippen molar-refractivity contribution in [1.82, 2.24) is 5.32 Å². The molecule has 15 heavy (non-hydrogen) atoms. The van der Waals surface area contributed by atoms with Crippen molar-refractivity contribution in [3.05, 3.63) is 29.3 Å². The maximum Gasteiger partial charge on any atom is 0.119 e. The minimum Gasteiger partial charge on any atom is -0.497 e. The predicted molar refractivity (Wildman–Crippen MR) is 59.7 cm³/mol. The van der Waals surface area contributed by atoms with Crippen molar-refractivity contribution in [1.29, 1.82) is 0 Å². The lowest BCUT2D eigenvalue weighted by molar-refractivity contribution is 0.413. The summed E-state index contributed by atoms with van der Waals surface area (Å²) in [6.07, 6.45) is 1.12. The number of hydrogen-bond acceptors (Lipinski definition) is 3. The van der Waals surface area contributed by atoms with Crippen molar-refractivity contribution in [2.24, 2.45) is 4.99 Å². The molecule has 0 saturated heterocycles. The Hall–Kier alpha value is -1.51. The second-order valence-electron chi connectivity index (χ2n) is 4.02. The zero-order valence-corrected chi connectivity index (χ0v) is 8.79. The molecule has 1 aromatic rings. The summed E-state index contributed by atoms with van der Waals surface area (Å²) in [6.45, 7) is 1.91. The monoisotopic (exact) mass is 202 g/mol. The van der Waals surface area contributed by atoms with Gasteiger partial charge in [-0.2, -0.15) is 0 Å². The van der Waals surface area contributed by atoms with Gasteiger partial charge in [-0.3, -0.25) is 4.99 Å². The van der Waals surface area contributed by atoms with E-state index in [0.717, 1.165) is 31.1 Å². The van der Waals surface area contributed by atoms with E-state index in [1.54, 1.807) is 7.11 Å². The molecule has 3 nitrogen and oxygen atoms in total. The molecule has 1 aromatic carbocycles. The van der Waals surface area contributed by atoms with Crippen LogP contribution in [0.3, 0.4) is 0 Å².